The molecule has 1 heterocycles. The molecule has 3 atom stereocenters. The first kappa shape index (κ1) is 9.87. The fourth-order valence-electron chi connectivity index (χ4n) is 1.37. The summed E-state index contributed by atoms with van der Waals surface area (Å²) in [6.07, 6.45) is 4.20. The van der Waals surface area contributed by atoms with Crippen LogP contribution >= 0.6 is 11.8 Å². The molecule has 0 aromatic carbocycles. The van der Waals surface area contributed by atoms with Crippen LogP contribution in [-0.4, -0.2) is 16.7 Å². The molecule has 0 aromatic rings. The highest BCUT2D eigenvalue weighted by Gasteiger charge is 2.26. The molecule has 1 rings (SSSR count). The lowest BCUT2D eigenvalue weighted by Crippen LogP contribution is -2.28. The van der Waals surface area contributed by atoms with Gasteiger partial charge in [0.15, 0.2) is 0 Å². The smallest absolute Gasteiger partial charge is 0.0512 e. The van der Waals surface area contributed by atoms with Crippen molar-refractivity contribution in [1.82, 2.24) is 5.32 Å². The Morgan fingerprint density at radius 1 is 1.50 bits per heavy atom. The maximum absolute atomic E-state index is 3.75. The minimum atomic E-state index is 0.582. The number of thioether (sulfide) groups is 1. The van der Waals surface area contributed by atoms with Gasteiger partial charge in [0.05, 0.1) is 5.37 Å². The van der Waals surface area contributed by atoms with Gasteiger partial charge in [0.1, 0.15) is 0 Å². The van der Waals surface area contributed by atoms with E-state index in [9.17, 15) is 0 Å². The highest BCUT2D eigenvalue weighted by Crippen LogP contribution is 2.28. The van der Waals surface area contributed by atoms with E-state index in [4.69, 9.17) is 0 Å². The second-order valence-electron chi connectivity index (χ2n) is 3.31. The third kappa shape index (κ3) is 2.39. The summed E-state index contributed by atoms with van der Waals surface area (Å²) in [7, 11) is 0. The van der Waals surface area contributed by atoms with Crippen LogP contribution in [0.25, 0.3) is 0 Å². The van der Waals surface area contributed by atoms with Gasteiger partial charge in [-0.3, -0.25) is 0 Å². The fraction of sp³-hybridized carbons (Fsp3) is 0.600. The van der Waals surface area contributed by atoms with Gasteiger partial charge in [-0.25, -0.2) is 0 Å². The molecule has 12 heavy (non-hydrogen) atoms. The normalized spacial score (nSPS) is 36.9. The van der Waals surface area contributed by atoms with Crippen molar-refractivity contribution in [3.63, 3.8) is 0 Å². The summed E-state index contributed by atoms with van der Waals surface area (Å²) >= 11 is 1.98. The van der Waals surface area contributed by atoms with E-state index in [1.165, 1.54) is 5.57 Å². The Morgan fingerprint density at radius 3 is 2.58 bits per heavy atom. The van der Waals surface area contributed by atoms with Crippen LogP contribution in [-0.2, 0) is 0 Å². The molecule has 1 N–H and O–H groups in total. The highest BCUT2D eigenvalue weighted by molar-refractivity contribution is 8.00. The quantitative estimate of drug-likeness (QED) is 0.660. The molecule has 1 fully saturated rings. The summed E-state index contributed by atoms with van der Waals surface area (Å²) in [6.45, 7) is 10.3. The van der Waals surface area contributed by atoms with Gasteiger partial charge in [0.25, 0.3) is 0 Å². The van der Waals surface area contributed by atoms with Crippen LogP contribution in [0.5, 0.6) is 0 Å². The Morgan fingerprint density at radius 2 is 2.17 bits per heavy atom. The third-order valence-electron chi connectivity index (χ3n) is 2.10. The average Bonchev–Trinajstić information content (AvgIpc) is 2.30. The number of nitrogens with one attached hydrogen (secondary N) is 1. The Balaban J connectivity index is 2.58. The largest absolute Gasteiger partial charge is 0.302 e. The van der Waals surface area contributed by atoms with E-state index in [-0.39, 0.29) is 0 Å². The third-order valence-corrected chi connectivity index (χ3v) is 3.50. The van der Waals surface area contributed by atoms with Crippen LogP contribution < -0.4 is 5.32 Å². The summed E-state index contributed by atoms with van der Waals surface area (Å²) in [5.74, 6) is 0. The van der Waals surface area contributed by atoms with Gasteiger partial charge in [-0.05, 0) is 20.8 Å². The first-order valence-electron chi connectivity index (χ1n) is 4.36. The van der Waals surface area contributed by atoms with Crippen LogP contribution in [0.2, 0.25) is 0 Å². The van der Waals surface area contributed by atoms with Crippen molar-refractivity contribution in [1.29, 1.82) is 0 Å². The SMILES string of the molecule is C=CC(C)=CC1S[C@H](C)NC1C. The van der Waals surface area contributed by atoms with Crippen LogP contribution in [0.3, 0.4) is 0 Å². The Kier molecular flexibility index (Phi) is 3.41. The van der Waals surface area contributed by atoms with Crippen molar-refractivity contribution in [3.8, 4) is 0 Å². The number of allylic oxidation sites excluding steroid dienone is 2. The van der Waals surface area contributed by atoms with Crippen molar-refractivity contribution < 1.29 is 0 Å². The summed E-state index contributed by atoms with van der Waals surface area (Å²) in [5, 5.41) is 4.67. The average molecular weight is 183 g/mol. The van der Waals surface area contributed by atoms with Gasteiger partial charge in [-0.15, -0.1) is 11.8 Å². The first-order chi connectivity index (χ1) is 5.63. The van der Waals surface area contributed by atoms with Crippen molar-refractivity contribution in [2.24, 2.45) is 0 Å². The predicted octanol–water partition coefficient (Wildman–Crippen LogP) is 2.56. The van der Waals surface area contributed by atoms with Gasteiger partial charge in [-0.2, -0.15) is 0 Å². The van der Waals surface area contributed by atoms with Gasteiger partial charge in [-0.1, -0.05) is 24.3 Å². The summed E-state index contributed by atoms with van der Waals surface area (Å²) in [6, 6.07) is 0.583. The van der Waals surface area contributed by atoms with E-state index in [0.717, 1.165) is 0 Å². The van der Waals surface area contributed by atoms with Crippen molar-refractivity contribution >= 4 is 11.8 Å². The first-order valence-corrected chi connectivity index (χ1v) is 5.30. The molecule has 0 radical (unpaired) electrons. The molecule has 0 bridgehead atoms. The highest BCUT2D eigenvalue weighted by atomic mass is 32.2. The topological polar surface area (TPSA) is 12.0 Å². The second-order valence-corrected chi connectivity index (χ2v) is 4.84. The van der Waals surface area contributed by atoms with Gasteiger partial charge in [0, 0.05) is 11.3 Å². The molecule has 0 aliphatic carbocycles. The fourth-order valence-corrected chi connectivity index (χ4v) is 2.74. The zero-order valence-electron chi connectivity index (χ0n) is 8.00. The van der Waals surface area contributed by atoms with Crippen LogP contribution in [0.1, 0.15) is 20.8 Å². The Hall–Kier alpha value is -0.210. The molecule has 1 aliphatic heterocycles. The summed E-state index contributed by atoms with van der Waals surface area (Å²) < 4.78 is 0. The lowest BCUT2D eigenvalue weighted by Gasteiger charge is -2.08. The standard InChI is InChI=1S/C10H17NS/c1-5-7(2)6-10-8(3)11-9(4)12-10/h5-6,8-11H,1H2,2-4H3/t8?,9-,10?/m1/s1. The summed E-state index contributed by atoms with van der Waals surface area (Å²) in [5.41, 5.74) is 1.27. The lowest BCUT2D eigenvalue weighted by molar-refractivity contribution is 0.596. The van der Waals surface area contributed by atoms with E-state index in [2.05, 4.69) is 38.7 Å². The molecule has 0 amide bonds. The molecule has 2 unspecified atom stereocenters. The monoisotopic (exact) mass is 183 g/mol. The second kappa shape index (κ2) is 4.15. The van der Waals surface area contributed by atoms with E-state index < -0.39 is 0 Å². The van der Waals surface area contributed by atoms with Crippen molar-refractivity contribution in [3.05, 3.63) is 24.3 Å². The zero-order valence-corrected chi connectivity index (χ0v) is 8.82. The zero-order chi connectivity index (χ0) is 9.14. The van der Waals surface area contributed by atoms with E-state index in [1.807, 2.05) is 17.8 Å². The van der Waals surface area contributed by atoms with Crippen LogP contribution in [0.4, 0.5) is 0 Å². The Bertz CT molecular complexity index is 198. The molecular weight excluding hydrogens is 166 g/mol. The maximum atomic E-state index is 3.75. The van der Waals surface area contributed by atoms with Gasteiger partial charge < -0.3 is 5.32 Å². The maximum Gasteiger partial charge on any atom is 0.0512 e. The van der Waals surface area contributed by atoms with Crippen LogP contribution in [0, 0.1) is 0 Å². The van der Waals surface area contributed by atoms with Crippen LogP contribution in [0.15, 0.2) is 24.3 Å². The van der Waals surface area contributed by atoms with E-state index in [0.29, 0.717) is 16.7 Å². The predicted molar refractivity (Wildman–Crippen MR) is 57.4 cm³/mol. The minimum Gasteiger partial charge on any atom is -0.302 e. The van der Waals surface area contributed by atoms with E-state index >= 15 is 0 Å². The Labute approximate surface area is 79.3 Å². The van der Waals surface area contributed by atoms with Gasteiger partial charge in [0.2, 0.25) is 0 Å². The molecule has 0 aromatic heterocycles. The number of rotatable bonds is 2. The lowest BCUT2D eigenvalue weighted by atomic mass is 10.1. The molecule has 1 aliphatic rings. The summed E-state index contributed by atoms with van der Waals surface area (Å²) in [4.78, 5) is 0. The number of hydrogen-bond donors (Lipinski definition) is 1. The molecule has 1 nitrogen and oxygen atoms in total. The molecule has 68 valence electrons. The molecule has 2 heteroatoms. The molecule has 0 saturated carbocycles. The van der Waals surface area contributed by atoms with Crippen molar-refractivity contribution in [2.45, 2.75) is 37.4 Å². The molecule has 1 saturated heterocycles. The number of hydrogen-bond acceptors (Lipinski definition) is 2. The van der Waals surface area contributed by atoms with Gasteiger partial charge >= 0.3 is 0 Å². The molecule has 0 spiro atoms. The van der Waals surface area contributed by atoms with Crippen molar-refractivity contribution in [2.75, 3.05) is 0 Å². The molecular formula is C10H17NS. The minimum absolute atomic E-state index is 0.582. The van der Waals surface area contributed by atoms with E-state index in [1.54, 1.807) is 0 Å².